The molecule has 1 saturated heterocycles. The average molecular weight is 207 g/mol. The van der Waals surface area contributed by atoms with Crippen molar-refractivity contribution in [3.63, 3.8) is 0 Å². The van der Waals surface area contributed by atoms with E-state index in [1.165, 1.54) is 0 Å². The molecule has 0 amide bonds. The standard InChI is InChI=1S/C12H17NO2/c1-10-8-13(6-7-15-10)9-11-4-2-3-5-12(11)14/h2-5,10,14H,6-9H2,1H3. The van der Waals surface area contributed by atoms with E-state index in [0.717, 1.165) is 31.8 Å². The van der Waals surface area contributed by atoms with Gasteiger partial charge in [0, 0.05) is 25.2 Å². The number of ether oxygens (including phenoxy) is 1. The topological polar surface area (TPSA) is 32.7 Å². The van der Waals surface area contributed by atoms with E-state index in [2.05, 4.69) is 11.8 Å². The van der Waals surface area contributed by atoms with E-state index in [-0.39, 0.29) is 0 Å². The maximum absolute atomic E-state index is 9.65. The quantitative estimate of drug-likeness (QED) is 0.799. The molecule has 1 aromatic rings. The molecule has 0 bridgehead atoms. The number of aromatic hydroxyl groups is 1. The lowest BCUT2D eigenvalue weighted by molar-refractivity contribution is -0.0214. The van der Waals surface area contributed by atoms with Crippen molar-refractivity contribution < 1.29 is 9.84 Å². The summed E-state index contributed by atoms with van der Waals surface area (Å²) in [5.74, 6) is 0.386. The molecule has 3 nitrogen and oxygen atoms in total. The van der Waals surface area contributed by atoms with Crippen molar-refractivity contribution in [1.82, 2.24) is 4.90 Å². The largest absolute Gasteiger partial charge is 0.508 e. The van der Waals surface area contributed by atoms with Gasteiger partial charge in [0.2, 0.25) is 0 Å². The second-order valence-corrected chi connectivity index (χ2v) is 4.05. The van der Waals surface area contributed by atoms with E-state index >= 15 is 0 Å². The Bertz CT molecular complexity index is 327. The van der Waals surface area contributed by atoms with Gasteiger partial charge in [0.15, 0.2) is 0 Å². The van der Waals surface area contributed by atoms with Crippen LogP contribution in [0.5, 0.6) is 5.75 Å². The van der Waals surface area contributed by atoms with Crippen LogP contribution in [-0.4, -0.2) is 35.8 Å². The van der Waals surface area contributed by atoms with E-state index in [0.29, 0.717) is 11.9 Å². The van der Waals surface area contributed by atoms with Gasteiger partial charge in [-0.15, -0.1) is 0 Å². The van der Waals surface area contributed by atoms with Gasteiger partial charge in [0.05, 0.1) is 12.7 Å². The molecule has 1 unspecified atom stereocenters. The van der Waals surface area contributed by atoms with Gasteiger partial charge in [-0.25, -0.2) is 0 Å². The molecule has 1 aliphatic heterocycles. The lowest BCUT2D eigenvalue weighted by Gasteiger charge is -2.31. The van der Waals surface area contributed by atoms with Gasteiger partial charge in [-0.05, 0) is 13.0 Å². The zero-order valence-corrected chi connectivity index (χ0v) is 9.02. The smallest absolute Gasteiger partial charge is 0.120 e. The molecule has 1 atom stereocenters. The Morgan fingerprint density at radius 3 is 3.00 bits per heavy atom. The molecule has 1 heterocycles. The Morgan fingerprint density at radius 2 is 2.27 bits per heavy atom. The third kappa shape index (κ3) is 2.70. The zero-order chi connectivity index (χ0) is 10.7. The van der Waals surface area contributed by atoms with E-state index in [9.17, 15) is 5.11 Å². The first-order valence-electron chi connectivity index (χ1n) is 5.36. The molecule has 2 rings (SSSR count). The van der Waals surface area contributed by atoms with Crippen molar-refractivity contribution in [2.45, 2.75) is 19.6 Å². The Kier molecular flexibility index (Phi) is 3.23. The monoisotopic (exact) mass is 207 g/mol. The summed E-state index contributed by atoms with van der Waals surface area (Å²) in [5, 5.41) is 9.65. The van der Waals surface area contributed by atoms with E-state index in [1.807, 2.05) is 18.2 Å². The van der Waals surface area contributed by atoms with Crippen LogP contribution in [0.2, 0.25) is 0 Å². The Hall–Kier alpha value is -1.06. The predicted octanol–water partition coefficient (Wildman–Crippen LogP) is 1.61. The fourth-order valence-electron chi connectivity index (χ4n) is 1.92. The molecule has 0 saturated carbocycles. The number of hydrogen-bond acceptors (Lipinski definition) is 3. The van der Waals surface area contributed by atoms with Crippen LogP contribution in [0.4, 0.5) is 0 Å². The highest BCUT2D eigenvalue weighted by Crippen LogP contribution is 2.18. The summed E-state index contributed by atoms with van der Waals surface area (Å²) in [4.78, 5) is 2.31. The molecule has 1 fully saturated rings. The van der Waals surface area contributed by atoms with Gasteiger partial charge in [0.25, 0.3) is 0 Å². The molecule has 1 aliphatic rings. The summed E-state index contributed by atoms with van der Waals surface area (Å²) < 4.78 is 5.47. The fraction of sp³-hybridized carbons (Fsp3) is 0.500. The molecule has 0 radical (unpaired) electrons. The maximum Gasteiger partial charge on any atom is 0.120 e. The van der Waals surface area contributed by atoms with Crippen molar-refractivity contribution in [1.29, 1.82) is 0 Å². The molecule has 15 heavy (non-hydrogen) atoms. The van der Waals surface area contributed by atoms with E-state index < -0.39 is 0 Å². The average Bonchev–Trinajstić information content (AvgIpc) is 2.22. The van der Waals surface area contributed by atoms with Gasteiger partial charge in [-0.3, -0.25) is 4.90 Å². The summed E-state index contributed by atoms with van der Waals surface area (Å²) in [7, 11) is 0. The third-order valence-electron chi connectivity index (χ3n) is 2.71. The molecule has 0 aromatic heterocycles. The van der Waals surface area contributed by atoms with Gasteiger partial charge < -0.3 is 9.84 Å². The fourth-order valence-corrected chi connectivity index (χ4v) is 1.92. The maximum atomic E-state index is 9.65. The lowest BCUT2D eigenvalue weighted by Crippen LogP contribution is -2.40. The van der Waals surface area contributed by atoms with Crippen molar-refractivity contribution >= 4 is 0 Å². The van der Waals surface area contributed by atoms with Crippen LogP contribution in [0.25, 0.3) is 0 Å². The number of hydrogen-bond donors (Lipinski definition) is 1. The number of phenolic OH excluding ortho intramolecular Hbond substituents is 1. The number of para-hydroxylation sites is 1. The summed E-state index contributed by atoms with van der Waals surface area (Å²) >= 11 is 0. The van der Waals surface area contributed by atoms with Crippen molar-refractivity contribution in [2.24, 2.45) is 0 Å². The Morgan fingerprint density at radius 1 is 1.47 bits per heavy atom. The molecular formula is C12H17NO2. The summed E-state index contributed by atoms with van der Waals surface area (Å²) in [6, 6.07) is 7.51. The molecule has 0 aliphatic carbocycles. The Labute approximate surface area is 90.3 Å². The van der Waals surface area contributed by atoms with Gasteiger partial charge in [-0.1, -0.05) is 18.2 Å². The van der Waals surface area contributed by atoms with E-state index in [4.69, 9.17) is 4.74 Å². The van der Waals surface area contributed by atoms with Crippen molar-refractivity contribution in [3.8, 4) is 5.75 Å². The first-order chi connectivity index (χ1) is 7.25. The van der Waals surface area contributed by atoms with Gasteiger partial charge in [-0.2, -0.15) is 0 Å². The van der Waals surface area contributed by atoms with E-state index in [1.54, 1.807) is 6.07 Å². The first-order valence-corrected chi connectivity index (χ1v) is 5.36. The highest BCUT2D eigenvalue weighted by atomic mass is 16.5. The van der Waals surface area contributed by atoms with Crippen molar-refractivity contribution in [2.75, 3.05) is 19.7 Å². The second kappa shape index (κ2) is 4.64. The zero-order valence-electron chi connectivity index (χ0n) is 9.02. The summed E-state index contributed by atoms with van der Waals surface area (Å²) in [6.07, 6.45) is 0.296. The number of rotatable bonds is 2. The predicted molar refractivity (Wildman–Crippen MR) is 58.8 cm³/mol. The molecule has 82 valence electrons. The van der Waals surface area contributed by atoms with Crippen molar-refractivity contribution in [3.05, 3.63) is 29.8 Å². The minimum atomic E-state index is 0.296. The second-order valence-electron chi connectivity index (χ2n) is 4.05. The molecule has 3 heteroatoms. The molecule has 1 N–H and O–H groups in total. The SMILES string of the molecule is CC1CN(Cc2ccccc2O)CCO1. The molecule has 0 spiro atoms. The van der Waals surface area contributed by atoms with Crippen LogP contribution in [0.15, 0.2) is 24.3 Å². The highest BCUT2D eigenvalue weighted by Gasteiger charge is 2.17. The molecular weight excluding hydrogens is 190 g/mol. The first kappa shape index (κ1) is 10.5. The lowest BCUT2D eigenvalue weighted by atomic mass is 10.1. The minimum Gasteiger partial charge on any atom is -0.508 e. The number of benzene rings is 1. The van der Waals surface area contributed by atoms with Gasteiger partial charge >= 0.3 is 0 Å². The Balaban J connectivity index is 1.99. The van der Waals surface area contributed by atoms with Crippen LogP contribution < -0.4 is 0 Å². The number of morpholine rings is 1. The van der Waals surface area contributed by atoms with Gasteiger partial charge in [0.1, 0.15) is 5.75 Å². The summed E-state index contributed by atoms with van der Waals surface area (Å²) in [6.45, 7) is 5.55. The van der Waals surface area contributed by atoms with Crippen LogP contribution in [0.1, 0.15) is 12.5 Å². The highest BCUT2D eigenvalue weighted by molar-refractivity contribution is 5.31. The van der Waals surface area contributed by atoms with Crippen LogP contribution in [0, 0.1) is 0 Å². The normalized spacial score (nSPS) is 22.9. The summed E-state index contributed by atoms with van der Waals surface area (Å²) in [5.41, 5.74) is 0.992. The minimum absolute atomic E-state index is 0.296. The van der Waals surface area contributed by atoms with Crippen LogP contribution in [0.3, 0.4) is 0 Å². The number of phenols is 1. The third-order valence-corrected chi connectivity index (χ3v) is 2.71. The molecule has 1 aromatic carbocycles. The number of nitrogens with zero attached hydrogens (tertiary/aromatic N) is 1. The van der Waals surface area contributed by atoms with Crippen LogP contribution >= 0.6 is 0 Å². The van der Waals surface area contributed by atoms with Crippen LogP contribution in [-0.2, 0) is 11.3 Å².